The van der Waals surface area contributed by atoms with E-state index in [4.69, 9.17) is 16.0 Å². The van der Waals surface area contributed by atoms with Crippen LogP contribution in [-0.2, 0) is 6.54 Å². The van der Waals surface area contributed by atoms with Gasteiger partial charge in [0, 0.05) is 22.9 Å². The number of rotatable bonds is 5. The van der Waals surface area contributed by atoms with Crippen LogP contribution in [0.25, 0.3) is 22.7 Å². The van der Waals surface area contributed by atoms with E-state index < -0.39 is 18.1 Å². The van der Waals surface area contributed by atoms with E-state index in [1.165, 1.54) is 16.8 Å². The Morgan fingerprint density at radius 3 is 2.57 bits per heavy atom. The Labute approximate surface area is 160 Å². The lowest BCUT2D eigenvalue weighted by Crippen LogP contribution is -2.03. The van der Waals surface area contributed by atoms with Crippen LogP contribution in [0.15, 0.2) is 47.1 Å². The molecular formula is C17H10ClF3N6O. The molecule has 4 rings (SSSR count). The van der Waals surface area contributed by atoms with Gasteiger partial charge in [0.2, 0.25) is 5.89 Å². The van der Waals surface area contributed by atoms with Crippen LogP contribution in [0.3, 0.4) is 0 Å². The summed E-state index contributed by atoms with van der Waals surface area (Å²) >= 11 is 5.76. The minimum atomic E-state index is -2.89. The second-order valence-corrected chi connectivity index (χ2v) is 6.11. The van der Waals surface area contributed by atoms with Gasteiger partial charge in [0.1, 0.15) is 16.7 Å². The zero-order valence-electron chi connectivity index (χ0n) is 13.9. The third-order valence-electron chi connectivity index (χ3n) is 3.82. The van der Waals surface area contributed by atoms with E-state index in [-0.39, 0.29) is 18.0 Å². The van der Waals surface area contributed by atoms with Crippen LogP contribution in [0.5, 0.6) is 0 Å². The highest BCUT2D eigenvalue weighted by Crippen LogP contribution is 2.25. The Kier molecular flexibility index (Phi) is 4.78. The summed E-state index contributed by atoms with van der Waals surface area (Å²) in [5.41, 5.74) is 1.81. The summed E-state index contributed by atoms with van der Waals surface area (Å²) in [6.45, 7) is 0.117. The van der Waals surface area contributed by atoms with Gasteiger partial charge >= 0.3 is 6.43 Å². The lowest BCUT2D eigenvalue weighted by molar-refractivity contribution is 0.116. The molecule has 3 aromatic heterocycles. The molecule has 0 N–H and O–H groups in total. The molecule has 0 saturated carbocycles. The first-order chi connectivity index (χ1) is 13.5. The van der Waals surface area contributed by atoms with E-state index in [2.05, 4.69) is 25.5 Å². The van der Waals surface area contributed by atoms with Gasteiger partial charge in [-0.2, -0.15) is 8.78 Å². The predicted octanol–water partition coefficient (Wildman–Crippen LogP) is 4.17. The second kappa shape index (κ2) is 7.39. The molecule has 0 radical (unpaired) electrons. The number of benzene rings is 1. The highest BCUT2D eigenvalue weighted by molar-refractivity contribution is 6.29. The first kappa shape index (κ1) is 18.1. The Hall–Kier alpha value is -3.27. The molecule has 0 aliphatic rings. The molecule has 28 heavy (non-hydrogen) atoms. The van der Waals surface area contributed by atoms with E-state index in [1.54, 1.807) is 24.5 Å². The molecule has 4 aromatic rings. The number of hydrogen-bond acceptors (Lipinski definition) is 6. The molecule has 0 saturated heterocycles. The number of nitrogens with zero attached hydrogens (tertiary/aromatic N) is 6. The van der Waals surface area contributed by atoms with E-state index in [1.807, 2.05) is 0 Å². The molecular weight excluding hydrogens is 397 g/mol. The predicted molar refractivity (Wildman–Crippen MR) is 92.0 cm³/mol. The van der Waals surface area contributed by atoms with E-state index >= 15 is 0 Å². The highest BCUT2D eigenvalue weighted by atomic mass is 35.5. The molecule has 0 unspecified atom stereocenters. The van der Waals surface area contributed by atoms with E-state index in [0.717, 1.165) is 11.6 Å². The van der Waals surface area contributed by atoms with Crippen LogP contribution in [-0.4, -0.2) is 30.2 Å². The van der Waals surface area contributed by atoms with Crippen LogP contribution >= 0.6 is 11.6 Å². The third-order valence-corrected chi connectivity index (χ3v) is 4.05. The molecule has 1 aromatic carbocycles. The van der Waals surface area contributed by atoms with Crippen molar-refractivity contribution in [3.8, 4) is 22.7 Å². The second-order valence-electron chi connectivity index (χ2n) is 5.72. The van der Waals surface area contributed by atoms with Gasteiger partial charge in [0.15, 0.2) is 0 Å². The van der Waals surface area contributed by atoms with Crippen molar-refractivity contribution in [1.82, 2.24) is 30.2 Å². The summed E-state index contributed by atoms with van der Waals surface area (Å²) in [6, 6.07) is 7.51. The molecule has 0 fully saturated rings. The fraction of sp³-hybridized carbons (Fsp3) is 0.118. The Bertz CT molecular complexity index is 1110. The topological polar surface area (TPSA) is 82.5 Å². The van der Waals surface area contributed by atoms with Gasteiger partial charge in [0.05, 0.1) is 12.7 Å². The molecule has 11 heteroatoms. The quantitative estimate of drug-likeness (QED) is 0.463. The van der Waals surface area contributed by atoms with Crippen LogP contribution in [0, 0.1) is 5.82 Å². The van der Waals surface area contributed by atoms with Gasteiger partial charge < -0.3 is 4.42 Å². The number of pyridine rings is 1. The van der Waals surface area contributed by atoms with Crippen LogP contribution in [0.1, 0.15) is 17.9 Å². The van der Waals surface area contributed by atoms with Crippen molar-refractivity contribution in [1.29, 1.82) is 0 Å². The standard InChI is InChI=1S/C17H10ClF3N6O/c18-14-4-3-10(6-22-14)13-8-27(26-23-13)7-11-2-1-9(5-12(11)19)16-24-25-17(28-16)15(20)21/h1-6,8,15H,7H2. The Balaban J connectivity index is 1.53. The van der Waals surface area contributed by atoms with Crippen molar-refractivity contribution in [3.63, 3.8) is 0 Å². The SMILES string of the molecule is Fc1cc(-c2nnc(C(F)F)o2)ccc1Cn1cc(-c2ccc(Cl)nc2)nn1. The molecule has 0 aliphatic heterocycles. The van der Waals surface area contributed by atoms with Crippen molar-refractivity contribution >= 4 is 11.6 Å². The van der Waals surface area contributed by atoms with Crippen molar-refractivity contribution in [2.45, 2.75) is 13.0 Å². The van der Waals surface area contributed by atoms with Crippen LogP contribution < -0.4 is 0 Å². The summed E-state index contributed by atoms with van der Waals surface area (Å²) in [4.78, 5) is 3.98. The van der Waals surface area contributed by atoms with Gasteiger partial charge in [-0.05, 0) is 24.3 Å². The van der Waals surface area contributed by atoms with Crippen LogP contribution in [0.4, 0.5) is 13.2 Å². The fourth-order valence-electron chi connectivity index (χ4n) is 2.46. The maximum absolute atomic E-state index is 14.4. The Morgan fingerprint density at radius 2 is 1.89 bits per heavy atom. The average Bonchev–Trinajstić information content (AvgIpc) is 3.34. The summed E-state index contributed by atoms with van der Waals surface area (Å²) in [5.74, 6) is -1.56. The smallest absolute Gasteiger partial charge is 0.314 e. The van der Waals surface area contributed by atoms with E-state index in [0.29, 0.717) is 16.4 Å². The van der Waals surface area contributed by atoms with Crippen molar-refractivity contribution in [3.05, 3.63) is 65.2 Å². The third kappa shape index (κ3) is 3.72. The maximum atomic E-state index is 14.4. The summed E-state index contributed by atoms with van der Waals surface area (Å²) in [7, 11) is 0. The molecule has 0 aliphatic carbocycles. The summed E-state index contributed by atoms with van der Waals surface area (Å²) < 4.78 is 45.8. The molecule has 0 amide bonds. The first-order valence-corrected chi connectivity index (χ1v) is 8.30. The normalized spacial score (nSPS) is 11.3. The Morgan fingerprint density at radius 1 is 1.07 bits per heavy atom. The van der Waals surface area contributed by atoms with Gasteiger partial charge in [-0.1, -0.05) is 22.9 Å². The fourth-order valence-corrected chi connectivity index (χ4v) is 2.57. The van der Waals surface area contributed by atoms with Gasteiger partial charge in [-0.25, -0.2) is 14.1 Å². The monoisotopic (exact) mass is 406 g/mol. The zero-order chi connectivity index (χ0) is 19.7. The minimum Gasteiger partial charge on any atom is -0.415 e. The largest absolute Gasteiger partial charge is 0.415 e. The number of hydrogen-bond donors (Lipinski definition) is 0. The first-order valence-electron chi connectivity index (χ1n) is 7.92. The average molecular weight is 407 g/mol. The number of aromatic nitrogens is 6. The zero-order valence-corrected chi connectivity index (χ0v) is 14.7. The molecule has 0 atom stereocenters. The molecule has 0 bridgehead atoms. The lowest BCUT2D eigenvalue weighted by Gasteiger charge is -2.04. The number of halogens is 4. The molecule has 3 heterocycles. The molecule has 7 nitrogen and oxygen atoms in total. The minimum absolute atomic E-state index is 0.117. The summed E-state index contributed by atoms with van der Waals surface area (Å²) in [6.07, 6.45) is 0.317. The lowest BCUT2D eigenvalue weighted by atomic mass is 10.1. The highest BCUT2D eigenvalue weighted by Gasteiger charge is 2.18. The molecule has 142 valence electrons. The van der Waals surface area contributed by atoms with Gasteiger partial charge in [0.25, 0.3) is 5.89 Å². The van der Waals surface area contributed by atoms with Gasteiger partial charge in [-0.15, -0.1) is 15.3 Å². The summed E-state index contributed by atoms with van der Waals surface area (Å²) in [5, 5.41) is 15.1. The van der Waals surface area contributed by atoms with Crippen molar-refractivity contribution in [2.75, 3.05) is 0 Å². The maximum Gasteiger partial charge on any atom is 0.314 e. The molecule has 0 spiro atoms. The van der Waals surface area contributed by atoms with Crippen molar-refractivity contribution < 1.29 is 17.6 Å². The van der Waals surface area contributed by atoms with Crippen molar-refractivity contribution in [2.24, 2.45) is 0 Å². The number of alkyl halides is 2. The van der Waals surface area contributed by atoms with Gasteiger partial charge in [-0.3, -0.25) is 0 Å². The van der Waals surface area contributed by atoms with Crippen LogP contribution in [0.2, 0.25) is 5.15 Å². The van der Waals surface area contributed by atoms with E-state index in [9.17, 15) is 13.2 Å².